The highest BCUT2D eigenvalue weighted by Crippen LogP contribution is 2.42. The van der Waals surface area contributed by atoms with Crippen LogP contribution in [-0.4, -0.2) is 11.2 Å². The van der Waals surface area contributed by atoms with Crippen LogP contribution in [0.1, 0.15) is 40.5 Å². The summed E-state index contributed by atoms with van der Waals surface area (Å²) in [5.41, 5.74) is 0.123. The van der Waals surface area contributed by atoms with Gasteiger partial charge in [0.1, 0.15) is 0 Å². The molecule has 1 saturated carbocycles. The van der Waals surface area contributed by atoms with Gasteiger partial charge in [-0.3, -0.25) is 0 Å². The SMILES string of the molecule is CC1CC[C@H](C)C(O)C1(C)C. The normalized spacial score (nSPS) is 43.9. The van der Waals surface area contributed by atoms with E-state index in [1.807, 2.05) is 0 Å². The molecule has 0 amide bonds. The number of rotatable bonds is 0. The van der Waals surface area contributed by atoms with Gasteiger partial charge in [-0.15, -0.1) is 0 Å². The second kappa shape index (κ2) is 2.78. The summed E-state index contributed by atoms with van der Waals surface area (Å²) in [5.74, 6) is 1.15. The Morgan fingerprint density at radius 2 is 1.73 bits per heavy atom. The highest BCUT2D eigenvalue weighted by Gasteiger charge is 2.40. The summed E-state index contributed by atoms with van der Waals surface area (Å²) >= 11 is 0. The first-order valence-electron chi connectivity index (χ1n) is 4.64. The largest absolute Gasteiger partial charge is 0.392 e. The summed E-state index contributed by atoms with van der Waals surface area (Å²) in [7, 11) is 0. The minimum Gasteiger partial charge on any atom is -0.392 e. The van der Waals surface area contributed by atoms with E-state index in [0.29, 0.717) is 11.8 Å². The van der Waals surface area contributed by atoms with Gasteiger partial charge in [-0.1, -0.05) is 27.7 Å². The smallest absolute Gasteiger partial charge is 0.0619 e. The predicted molar refractivity (Wildman–Crippen MR) is 47.3 cm³/mol. The summed E-state index contributed by atoms with van der Waals surface area (Å²) < 4.78 is 0. The molecule has 1 aliphatic rings. The average molecular weight is 156 g/mol. The first kappa shape index (κ1) is 9.05. The van der Waals surface area contributed by atoms with Crippen LogP contribution in [0.2, 0.25) is 0 Å². The lowest BCUT2D eigenvalue weighted by molar-refractivity contribution is -0.0579. The topological polar surface area (TPSA) is 20.2 Å². The molecular weight excluding hydrogens is 136 g/mol. The van der Waals surface area contributed by atoms with Gasteiger partial charge in [0.05, 0.1) is 6.10 Å². The van der Waals surface area contributed by atoms with Gasteiger partial charge in [0, 0.05) is 0 Å². The molecule has 3 atom stereocenters. The molecule has 1 nitrogen and oxygen atoms in total. The van der Waals surface area contributed by atoms with Gasteiger partial charge in [-0.2, -0.15) is 0 Å². The third kappa shape index (κ3) is 1.44. The van der Waals surface area contributed by atoms with E-state index in [1.54, 1.807) is 0 Å². The van der Waals surface area contributed by atoms with Gasteiger partial charge < -0.3 is 5.11 Å². The first-order valence-corrected chi connectivity index (χ1v) is 4.64. The van der Waals surface area contributed by atoms with Crippen molar-refractivity contribution in [1.82, 2.24) is 0 Å². The first-order chi connectivity index (χ1) is 4.96. The summed E-state index contributed by atoms with van der Waals surface area (Å²) in [6, 6.07) is 0. The molecule has 11 heavy (non-hydrogen) atoms. The van der Waals surface area contributed by atoms with Crippen LogP contribution in [-0.2, 0) is 0 Å². The van der Waals surface area contributed by atoms with Crippen molar-refractivity contribution in [2.45, 2.75) is 46.6 Å². The van der Waals surface area contributed by atoms with Crippen molar-refractivity contribution in [2.24, 2.45) is 17.3 Å². The van der Waals surface area contributed by atoms with Crippen LogP contribution in [0.25, 0.3) is 0 Å². The van der Waals surface area contributed by atoms with Crippen molar-refractivity contribution in [3.05, 3.63) is 0 Å². The molecule has 0 heterocycles. The van der Waals surface area contributed by atoms with Crippen molar-refractivity contribution in [3.8, 4) is 0 Å². The molecule has 1 aliphatic carbocycles. The van der Waals surface area contributed by atoms with Gasteiger partial charge in [0.2, 0.25) is 0 Å². The Labute approximate surface area is 69.8 Å². The summed E-state index contributed by atoms with van der Waals surface area (Å²) in [5, 5.41) is 9.88. The van der Waals surface area contributed by atoms with E-state index >= 15 is 0 Å². The Morgan fingerprint density at radius 3 is 2.18 bits per heavy atom. The van der Waals surface area contributed by atoms with E-state index in [2.05, 4.69) is 27.7 Å². The summed E-state index contributed by atoms with van der Waals surface area (Å²) in [6.07, 6.45) is 2.35. The zero-order chi connectivity index (χ0) is 8.65. The number of hydrogen-bond donors (Lipinski definition) is 1. The predicted octanol–water partition coefficient (Wildman–Crippen LogP) is 2.44. The van der Waals surface area contributed by atoms with Crippen LogP contribution in [0.5, 0.6) is 0 Å². The quantitative estimate of drug-likeness (QED) is 0.571. The number of aliphatic hydroxyl groups is 1. The van der Waals surface area contributed by atoms with Crippen molar-refractivity contribution < 1.29 is 5.11 Å². The molecule has 1 rings (SSSR count). The second-order valence-electron chi connectivity index (χ2n) is 4.72. The maximum atomic E-state index is 9.88. The molecular formula is C10H20O. The Hall–Kier alpha value is -0.0400. The fraction of sp³-hybridized carbons (Fsp3) is 1.00. The molecule has 1 N–H and O–H groups in total. The zero-order valence-electron chi connectivity index (χ0n) is 8.09. The highest BCUT2D eigenvalue weighted by molar-refractivity contribution is 4.90. The van der Waals surface area contributed by atoms with Gasteiger partial charge >= 0.3 is 0 Å². The molecule has 1 heteroatoms. The van der Waals surface area contributed by atoms with Gasteiger partial charge in [0.25, 0.3) is 0 Å². The molecule has 0 spiro atoms. The van der Waals surface area contributed by atoms with Crippen LogP contribution in [0.4, 0.5) is 0 Å². The second-order valence-corrected chi connectivity index (χ2v) is 4.72. The van der Waals surface area contributed by atoms with Crippen LogP contribution < -0.4 is 0 Å². The molecule has 0 bridgehead atoms. The molecule has 0 radical (unpaired) electrons. The number of hydrogen-bond acceptors (Lipinski definition) is 1. The Bertz CT molecular complexity index is 140. The third-order valence-corrected chi connectivity index (χ3v) is 3.63. The Balaban J connectivity index is 2.72. The molecule has 1 fully saturated rings. The standard InChI is InChI=1S/C10H20O/c1-7-5-6-8(2)10(3,4)9(7)11/h7-9,11H,5-6H2,1-4H3/t7-,8?,9?/m0/s1. The lowest BCUT2D eigenvalue weighted by Crippen LogP contribution is -2.43. The molecule has 0 aliphatic heterocycles. The lowest BCUT2D eigenvalue weighted by atomic mass is 9.64. The zero-order valence-corrected chi connectivity index (χ0v) is 8.09. The molecule has 0 aromatic rings. The van der Waals surface area contributed by atoms with Crippen molar-refractivity contribution in [2.75, 3.05) is 0 Å². The Morgan fingerprint density at radius 1 is 1.18 bits per heavy atom. The average Bonchev–Trinajstić information content (AvgIpc) is 1.95. The fourth-order valence-corrected chi connectivity index (χ4v) is 2.07. The molecule has 0 aromatic carbocycles. The molecule has 0 aromatic heterocycles. The van der Waals surface area contributed by atoms with E-state index in [1.165, 1.54) is 12.8 Å². The monoisotopic (exact) mass is 156 g/mol. The minimum absolute atomic E-state index is 0.105. The summed E-state index contributed by atoms with van der Waals surface area (Å²) in [6.45, 7) is 8.75. The van der Waals surface area contributed by atoms with Crippen LogP contribution >= 0.6 is 0 Å². The minimum atomic E-state index is -0.105. The van der Waals surface area contributed by atoms with E-state index in [4.69, 9.17) is 0 Å². The summed E-state index contributed by atoms with van der Waals surface area (Å²) in [4.78, 5) is 0. The van der Waals surface area contributed by atoms with Crippen molar-refractivity contribution >= 4 is 0 Å². The molecule has 0 saturated heterocycles. The fourth-order valence-electron chi connectivity index (χ4n) is 2.07. The van der Waals surface area contributed by atoms with E-state index in [-0.39, 0.29) is 11.5 Å². The van der Waals surface area contributed by atoms with Crippen LogP contribution in [0.3, 0.4) is 0 Å². The molecule has 2 unspecified atom stereocenters. The van der Waals surface area contributed by atoms with Crippen LogP contribution in [0.15, 0.2) is 0 Å². The number of aliphatic hydroxyl groups excluding tert-OH is 1. The van der Waals surface area contributed by atoms with Gasteiger partial charge in [-0.25, -0.2) is 0 Å². The Kier molecular flexibility index (Phi) is 2.29. The molecule has 66 valence electrons. The highest BCUT2D eigenvalue weighted by atomic mass is 16.3. The van der Waals surface area contributed by atoms with Crippen molar-refractivity contribution in [1.29, 1.82) is 0 Å². The van der Waals surface area contributed by atoms with E-state index in [9.17, 15) is 5.11 Å². The van der Waals surface area contributed by atoms with E-state index in [0.717, 1.165) is 0 Å². The van der Waals surface area contributed by atoms with Gasteiger partial charge in [0.15, 0.2) is 0 Å². The maximum Gasteiger partial charge on any atom is 0.0619 e. The van der Waals surface area contributed by atoms with Crippen molar-refractivity contribution in [3.63, 3.8) is 0 Å². The lowest BCUT2D eigenvalue weighted by Gasteiger charge is -2.44. The third-order valence-electron chi connectivity index (χ3n) is 3.63. The van der Waals surface area contributed by atoms with E-state index < -0.39 is 0 Å². The maximum absolute atomic E-state index is 9.88. The van der Waals surface area contributed by atoms with Gasteiger partial charge in [-0.05, 0) is 30.1 Å². The van der Waals surface area contributed by atoms with Crippen LogP contribution in [0, 0.1) is 17.3 Å².